The molecular weight excluding hydrogens is 350 g/mol. The van der Waals surface area contributed by atoms with Gasteiger partial charge in [0.25, 0.3) is 5.91 Å². The van der Waals surface area contributed by atoms with Crippen LogP contribution in [0.3, 0.4) is 0 Å². The molecular formula is C23H29N3O2. The molecule has 5 heteroatoms. The molecule has 0 saturated heterocycles. The van der Waals surface area contributed by atoms with Crippen LogP contribution in [0.5, 0.6) is 0 Å². The van der Waals surface area contributed by atoms with Gasteiger partial charge in [-0.05, 0) is 43.0 Å². The van der Waals surface area contributed by atoms with Gasteiger partial charge in [0, 0.05) is 25.2 Å². The third kappa shape index (κ3) is 4.91. The van der Waals surface area contributed by atoms with E-state index in [1.807, 2.05) is 48.3 Å². The number of nitrogens with one attached hydrogen (secondary N) is 1. The van der Waals surface area contributed by atoms with Crippen molar-refractivity contribution in [3.63, 3.8) is 0 Å². The van der Waals surface area contributed by atoms with Crippen LogP contribution in [0, 0.1) is 0 Å². The van der Waals surface area contributed by atoms with Gasteiger partial charge in [-0.25, -0.2) is 0 Å². The highest BCUT2D eigenvalue weighted by Crippen LogP contribution is 2.25. The number of anilines is 2. The second-order valence-corrected chi connectivity index (χ2v) is 7.50. The SMILES string of the molecule is CN(C(=O)c1ccccc1NC(=O)CCc1ccccc1N)C1CCCCC1. The van der Waals surface area contributed by atoms with Crippen molar-refractivity contribution in [2.75, 3.05) is 18.1 Å². The van der Waals surface area contributed by atoms with Crippen molar-refractivity contribution in [1.29, 1.82) is 0 Å². The van der Waals surface area contributed by atoms with Gasteiger partial charge in [0.1, 0.15) is 0 Å². The molecule has 3 rings (SSSR count). The zero-order chi connectivity index (χ0) is 19.9. The molecule has 1 saturated carbocycles. The van der Waals surface area contributed by atoms with E-state index in [1.54, 1.807) is 12.1 Å². The molecule has 0 aliphatic heterocycles. The molecule has 1 aliphatic rings. The first-order chi connectivity index (χ1) is 13.6. The van der Waals surface area contributed by atoms with E-state index < -0.39 is 0 Å². The van der Waals surface area contributed by atoms with Crippen molar-refractivity contribution in [1.82, 2.24) is 4.90 Å². The number of carbonyl (C=O) groups excluding carboxylic acids is 2. The van der Waals surface area contributed by atoms with E-state index >= 15 is 0 Å². The molecule has 2 aromatic rings. The second kappa shape index (κ2) is 9.40. The summed E-state index contributed by atoms with van der Waals surface area (Å²) in [5.74, 6) is -0.154. The maximum absolute atomic E-state index is 13.0. The number of nitrogens with zero attached hydrogens (tertiary/aromatic N) is 1. The minimum atomic E-state index is -0.121. The van der Waals surface area contributed by atoms with Crippen molar-refractivity contribution in [3.8, 4) is 0 Å². The van der Waals surface area contributed by atoms with Gasteiger partial charge < -0.3 is 16.0 Å². The van der Waals surface area contributed by atoms with Gasteiger partial charge in [-0.3, -0.25) is 9.59 Å². The number of amides is 2. The predicted molar refractivity (Wildman–Crippen MR) is 113 cm³/mol. The van der Waals surface area contributed by atoms with E-state index in [1.165, 1.54) is 19.3 Å². The first kappa shape index (κ1) is 19.9. The van der Waals surface area contributed by atoms with E-state index in [0.29, 0.717) is 29.8 Å². The average molecular weight is 380 g/mol. The monoisotopic (exact) mass is 379 g/mol. The summed E-state index contributed by atoms with van der Waals surface area (Å²) in [5, 5.41) is 2.91. The summed E-state index contributed by atoms with van der Waals surface area (Å²) in [7, 11) is 1.87. The number of carbonyl (C=O) groups is 2. The van der Waals surface area contributed by atoms with Crippen LogP contribution in [0.2, 0.25) is 0 Å². The minimum absolute atomic E-state index is 0.0323. The van der Waals surface area contributed by atoms with Crippen LogP contribution >= 0.6 is 0 Å². The summed E-state index contributed by atoms with van der Waals surface area (Å²) in [4.78, 5) is 27.3. The minimum Gasteiger partial charge on any atom is -0.399 e. The summed E-state index contributed by atoms with van der Waals surface area (Å²) in [6.07, 6.45) is 6.57. The van der Waals surface area contributed by atoms with Crippen LogP contribution in [0.4, 0.5) is 11.4 Å². The van der Waals surface area contributed by atoms with Gasteiger partial charge >= 0.3 is 0 Å². The maximum atomic E-state index is 13.0. The van der Waals surface area contributed by atoms with Crippen LogP contribution in [-0.2, 0) is 11.2 Å². The topological polar surface area (TPSA) is 75.4 Å². The first-order valence-electron chi connectivity index (χ1n) is 10.1. The van der Waals surface area contributed by atoms with Crippen LogP contribution in [0.15, 0.2) is 48.5 Å². The number of benzene rings is 2. The van der Waals surface area contributed by atoms with Crippen LogP contribution in [-0.4, -0.2) is 29.8 Å². The molecule has 0 unspecified atom stereocenters. The standard InChI is InChI=1S/C23H29N3O2/c1-26(18-10-3-2-4-11-18)23(28)19-12-6-8-14-21(19)25-22(27)16-15-17-9-5-7-13-20(17)24/h5-9,12-14,18H,2-4,10-11,15-16,24H2,1H3,(H,25,27). The highest BCUT2D eigenvalue weighted by molar-refractivity contribution is 6.03. The molecule has 1 aliphatic carbocycles. The normalized spacial score (nSPS) is 14.5. The number of nitrogen functional groups attached to an aromatic ring is 1. The lowest BCUT2D eigenvalue weighted by Crippen LogP contribution is -2.38. The van der Waals surface area contributed by atoms with Crippen molar-refractivity contribution in [2.45, 2.75) is 51.0 Å². The van der Waals surface area contributed by atoms with E-state index in [0.717, 1.165) is 18.4 Å². The maximum Gasteiger partial charge on any atom is 0.255 e. The first-order valence-corrected chi connectivity index (χ1v) is 10.1. The Morgan fingerprint density at radius 1 is 1.04 bits per heavy atom. The Hall–Kier alpha value is -2.82. The number of hydrogen-bond donors (Lipinski definition) is 2. The van der Waals surface area contributed by atoms with Crippen molar-refractivity contribution < 1.29 is 9.59 Å². The summed E-state index contributed by atoms with van der Waals surface area (Å²) in [6, 6.07) is 15.1. The highest BCUT2D eigenvalue weighted by Gasteiger charge is 2.24. The van der Waals surface area contributed by atoms with E-state index in [9.17, 15) is 9.59 Å². The zero-order valence-electron chi connectivity index (χ0n) is 16.5. The zero-order valence-corrected chi connectivity index (χ0v) is 16.5. The van der Waals surface area contributed by atoms with Gasteiger partial charge in [0.15, 0.2) is 0 Å². The van der Waals surface area contributed by atoms with Gasteiger partial charge in [0.2, 0.25) is 5.91 Å². The molecule has 0 radical (unpaired) electrons. The predicted octanol–water partition coefficient (Wildman–Crippen LogP) is 4.24. The molecule has 0 aromatic heterocycles. The van der Waals surface area contributed by atoms with Crippen LogP contribution in [0.25, 0.3) is 0 Å². The third-order valence-electron chi connectivity index (χ3n) is 5.55. The average Bonchev–Trinajstić information content (AvgIpc) is 2.73. The third-order valence-corrected chi connectivity index (χ3v) is 5.55. The Labute approximate surface area is 166 Å². The van der Waals surface area contributed by atoms with Crippen molar-refractivity contribution >= 4 is 23.2 Å². The number of rotatable bonds is 6. The molecule has 5 nitrogen and oxygen atoms in total. The second-order valence-electron chi connectivity index (χ2n) is 7.50. The van der Waals surface area contributed by atoms with Gasteiger partial charge in [-0.15, -0.1) is 0 Å². The largest absolute Gasteiger partial charge is 0.399 e. The summed E-state index contributed by atoms with van der Waals surface area (Å²) in [5.41, 5.74) is 8.71. The summed E-state index contributed by atoms with van der Waals surface area (Å²) < 4.78 is 0. The fourth-order valence-corrected chi connectivity index (χ4v) is 3.83. The van der Waals surface area contributed by atoms with E-state index in [-0.39, 0.29) is 17.9 Å². The van der Waals surface area contributed by atoms with Gasteiger partial charge in [0.05, 0.1) is 11.3 Å². The molecule has 28 heavy (non-hydrogen) atoms. The Balaban J connectivity index is 1.65. The number of nitrogens with two attached hydrogens (primary N) is 1. The Kier molecular flexibility index (Phi) is 6.69. The van der Waals surface area contributed by atoms with Crippen LogP contribution in [0.1, 0.15) is 54.4 Å². The molecule has 0 spiro atoms. The lowest BCUT2D eigenvalue weighted by molar-refractivity contribution is -0.116. The lowest BCUT2D eigenvalue weighted by atomic mass is 9.94. The molecule has 0 bridgehead atoms. The van der Waals surface area contributed by atoms with Gasteiger partial charge in [-0.2, -0.15) is 0 Å². The number of para-hydroxylation sites is 2. The summed E-state index contributed by atoms with van der Waals surface area (Å²) >= 11 is 0. The lowest BCUT2D eigenvalue weighted by Gasteiger charge is -2.31. The Morgan fingerprint density at radius 2 is 1.71 bits per heavy atom. The van der Waals surface area contributed by atoms with Crippen LogP contribution < -0.4 is 11.1 Å². The molecule has 1 fully saturated rings. The molecule has 2 amide bonds. The molecule has 148 valence electrons. The smallest absolute Gasteiger partial charge is 0.255 e. The number of hydrogen-bond acceptors (Lipinski definition) is 3. The van der Waals surface area contributed by atoms with Crippen molar-refractivity contribution in [2.24, 2.45) is 0 Å². The Bertz CT molecular complexity index is 828. The summed E-state index contributed by atoms with van der Waals surface area (Å²) in [6.45, 7) is 0. The Morgan fingerprint density at radius 3 is 2.46 bits per heavy atom. The van der Waals surface area contributed by atoms with E-state index in [2.05, 4.69) is 5.32 Å². The fraction of sp³-hybridized carbons (Fsp3) is 0.391. The van der Waals surface area contributed by atoms with Gasteiger partial charge in [-0.1, -0.05) is 49.6 Å². The fourth-order valence-electron chi connectivity index (χ4n) is 3.83. The quantitative estimate of drug-likeness (QED) is 0.737. The number of aryl methyl sites for hydroxylation is 1. The molecule has 0 heterocycles. The molecule has 0 atom stereocenters. The molecule has 3 N–H and O–H groups in total. The van der Waals surface area contributed by atoms with Crippen molar-refractivity contribution in [3.05, 3.63) is 59.7 Å². The van der Waals surface area contributed by atoms with E-state index in [4.69, 9.17) is 5.73 Å². The molecule has 2 aromatic carbocycles. The highest BCUT2D eigenvalue weighted by atomic mass is 16.2.